The van der Waals surface area contributed by atoms with Crippen LogP contribution in [-0.4, -0.2) is 47.4 Å². The van der Waals surface area contributed by atoms with E-state index in [-0.39, 0.29) is 35.6 Å². The maximum atomic E-state index is 13.0. The van der Waals surface area contributed by atoms with Crippen LogP contribution in [0.25, 0.3) is 0 Å². The van der Waals surface area contributed by atoms with Gasteiger partial charge in [-0.1, -0.05) is 17.7 Å². The first-order valence-corrected chi connectivity index (χ1v) is 11.6. The third kappa shape index (κ3) is 4.91. The van der Waals surface area contributed by atoms with Gasteiger partial charge in [-0.2, -0.15) is 4.98 Å². The number of hydrogen-bond acceptors (Lipinski definition) is 7. The van der Waals surface area contributed by atoms with Crippen molar-refractivity contribution < 1.29 is 19.1 Å². The number of esters is 1. The van der Waals surface area contributed by atoms with E-state index in [1.54, 1.807) is 25.1 Å². The minimum absolute atomic E-state index is 0.0673. The van der Waals surface area contributed by atoms with Crippen LogP contribution < -0.4 is 21.1 Å². The number of ether oxygens (including phenoxy) is 1. The lowest BCUT2D eigenvalue weighted by Crippen LogP contribution is -2.41. The van der Waals surface area contributed by atoms with Gasteiger partial charge in [0, 0.05) is 19.5 Å². The molecule has 34 heavy (non-hydrogen) atoms. The molecule has 2 amide bonds. The number of carbonyl (C=O) groups excluding carboxylic acids is 3. The molecule has 0 radical (unpaired) electrons. The average Bonchev–Trinajstić information content (AvgIpc) is 2.80. The molecule has 180 valence electrons. The molecule has 2 aliphatic rings. The molecule has 1 aromatic carbocycles. The Balaban J connectivity index is 1.55. The van der Waals surface area contributed by atoms with Gasteiger partial charge in [0.15, 0.2) is 0 Å². The normalized spacial score (nSPS) is 18.1. The molecule has 1 aromatic heterocycles. The molecule has 1 fully saturated rings. The van der Waals surface area contributed by atoms with Crippen LogP contribution in [0.3, 0.4) is 0 Å². The fraction of sp³-hybridized carbons (Fsp3) is 0.435. The molecule has 0 saturated carbocycles. The van der Waals surface area contributed by atoms with Gasteiger partial charge in [-0.25, -0.2) is 0 Å². The van der Waals surface area contributed by atoms with Crippen LogP contribution in [0.5, 0.6) is 0 Å². The Bertz CT molecular complexity index is 1190. The number of benzene rings is 1. The first-order chi connectivity index (χ1) is 16.3. The van der Waals surface area contributed by atoms with Gasteiger partial charge in [0.2, 0.25) is 17.8 Å². The summed E-state index contributed by atoms with van der Waals surface area (Å²) in [6.07, 6.45) is 0.944. The van der Waals surface area contributed by atoms with Crippen LogP contribution >= 0.6 is 11.6 Å². The molecule has 10 nitrogen and oxygen atoms in total. The minimum Gasteiger partial charge on any atom is -0.466 e. The molecule has 1 saturated heterocycles. The van der Waals surface area contributed by atoms with Gasteiger partial charge < -0.3 is 20.3 Å². The summed E-state index contributed by atoms with van der Waals surface area (Å²) < 4.78 is 5.09. The average molecular weight is 488 g/mol. The third-order valence-corrected chi connectivity index (χ3v) is 6.36. The first-order valence-electron chi connectivity index (χ1n) is 11.2. The molecule has 3 N–H and O–H groups in total. The Labute approximate surface area is 201 Å². The highest BCUT2D eigenvalue weighted by Gasteiger charge is 2.36. The zero-order valence-electron chi connectivity index (χ0n) is 18.9. The van der Waals surface area contributed by atoms with Gasteiger partial charge in [0.1, 0.15) is 5.82 Å². The van der Waals surface area contributed by atoms with Crippen molar-refractivity contribution in [1.29, 1.82) is 0 Å². The Morgan fingerprint density at radius 3 is 2.68 bits per heavy atom. The van der Waals surface area contributed by atoms with Gasteiger partial charge in [0.05, 0.1) is 34.7 Å². The van der Waals surface area contributed by atoms with Crippen molar-refractivity contribution in [3.8, 4) is 0 Å². The number of rotatable bonds is 5. The zero-order valence-corrected chi connectivity index (χ0v) is 19.7. The van der Waals surface area contributed by atoms with Gasteiger partial charge in [-0.15, -0.1) is 0 Å². The number of piperidine rings is 1. The van der Waals surface area contributed by atoms with E-state index >= 15 is 0 Å². The van der Waals surface area contributed by atoms with Crippen molar-refractivity contribution in [3.63, 3.8) is 0 Å². The highest BCUT2D eigenvalue weighted by atomic mass is 35.5. The number of amides is 2. The van der Waals surface area contributed by atoms with Crippen molar-refractivity contribution >= 4 is 46.8 Å². The zero-order chi connectivity index (χ0) is 24.4. The van der Waals surface area contributed by atoms with Gasteiger partial charge in [0.25, 0.3) is 5.56 Å². The predicted octanol–water partition coefficient (Wildman–Crippen LogP) is 2.58. The van der Waals surface area contributed by atoms with Crippen LogP contribution in [0.2, 0.25) is 5.02 Å². The minimum atomic E-state index is -1.01. The lowest BCUT2D eigenvalue weighted by Gasteiger charge is -2.32. The Morgan fingerprint density at radius 1 is 1.26 bits per heavy atom. The molecule has 0 bridgehead atoms. The summed E-state index contributed by atoms with van der Waals surface area (Å²) in [5.74, 6) is -2.00. The number of fused-ring (bicyclic) bond motifs is 1. The van der Waals surface area contributed by atoms with Gasteiger partial charge in [-0.05, 0) is 44.4 Å². The van der Waals surface area contributed by atoms with Crippen LogP contribution in [-0.2, 0) is 19.1 Å². The second-order valence-corrected chi connectivity index (χ2v) is 8.85. The second kappa shape index (κ2) is 9.84. The summed E-state index contributed by atoms with van der Waals surface area (Å²) in [5.41, 5.74) is 0.938. The number of aromatic nitrogens is 2. The fourth-order valence-corrected chi connectivity index (χ4v) is 4.54. The molecular formula is C23H26ClN5O5. The third-order valence-electron chi connectivity index (χ3n) is 6.05. The summed E-state index contributed by atoms with van der Waals surface area (Å²) in [4.78, 5) is 59.4. The van der Waals surface area contributed by atoms with Crippen molar-refractivity contribution in [2.75, 3.05) is 35.2 Å². The SMILES string of the molecule is CCOC(=O)C1CCN(c2nc3c(c(=O)[nH]2)[C@@H](C(=O)Nc2ccc(C)cc2Cl)CC(=O)N3)CC1. The van der Waals surface area contributed by atoms with Crippen molar-refractivity contribution in [2.24, 2.45) is 5.92 Å². The first kappa shape index (κ1) is 23.7. The van der Waals surface area contributed by atoms with E-state index in [0.29, 0.717) is 43.2 Å². The van der Waals surface area contributed by atoms with E-state index in [9.17, 15) is 19.2 Å². The number of anilines is 3. The monoisotopic (exact) mass is 487 g/mol. The van der Waals surface area contributed by atoms with E-state index in [0.717, 1.165) is 5.56 Å². The highest BCUT2D eigenvalue weighted by molar-refractivity contribution is 6.33. The summed E-state index contributed by atoms with van der Waals surface area (Å²) in [7, 11) is 0. The maximum Gasteiger partial charge on any atom is 0.309 e. The molecule has 0 spiro atoms. The second-order valence-electron chi connectivity index (χ2n) is 8.44. The largest absolute Gasteiger partial charge is 0.466 e. The molecule has 2 aliphatic heterocycles. The smallest absolute Gasteiger partial charge is 0.309 e. The number of aryl methyl sites for hydroxylation is 1. The van der Waals surface area contributed by atoms with E-state index in [4.69, 9.17) is 16.3 Å². The van der Waals surface area contributed by atoms with Crippen LogP contribution in [0.4, 0.5) is 17.5 Å². The summed E-state index contributed by atoms with van der Waals surface area (Å²) >= 11 is 6.22. The summed E-state index contributed by atoms with van der Waals surface area (Å²) in [6.45, 7) is 4.97. The molecule has 3 heterocycles. The number of halogens is 1. The Hall–Kier alpha value is -3.40. The van der Waals surface area contributed by atoms with Crippen LogP contribution in [0, 0.1) is 12.8 Å². The van der Waals surface area contributed by atoms with E-state index < -0.39 is 23.3 Å². The summed E-state index contributed by atoms with van der Waals surface area (Å²) in [6, 6.07) is 5.18. The van der Waals surface area contributed by atoms with E-state index in [2.05, 4.69) is 20.6 Å². The standard InChI is InChI=1S/C23H26ClN5O5/c1-3-34-22(33)13-6-8-29(9-7-13)23-27-19-18(21(32)28-23)14(11-17(30)26-19)20(31)25-16-5-4-12(2)10-15(16)24/h4-5,10,13-14H,3,6-9,11H2,1-2H3,(H,25,31)(H2,26,27,28,30,32)/t14-/m0/s1. The number of nitrogens with one attached hydrogen (secondary N) is 3. The lowest BCUT2D eigenvalue weighted by molar-refractivity contribution is -0.148. The quantitative estimate of drug-likeness (QED) is 0.552. The predicted molar refractivity (Wildman–Crippen MR) is 127 cm³/mol. The Kier molecular flexibility index (Phi) is 6.87. The number of H-pyrrole nitrogens is 1. The van der Waals surface area contributed by atoms with Gasteiger partial charge >= 0.3 is 5.97 Å². The number of aromatic amines is 1. The Morgan fingerprint density at radius 2 is 2.00 bits per heavy atom. The van der Waals surface area contributed by atoms with Crippen molar-refractivity contribution in [2.45, 2.75) is 39.0 Å². The number of hydrogen-bond donors (Lipinski definition) is 3. The fourth-order valence-electron chi connectivity index (χ4n) is 4.26. The summed E-state index contributed by atoms with van der Waals surface area (Å²) in [5, 5.41) is 5.69. The van der Waals surface area contributed by atoms with Gasteiger partial charge in [-0.3, -0.25) is 24.2 Å². The molecule has 4 rings (SSSR count). The maximum absolute atomic E-state index is 13.0. The molecule has 11 heteroatoms. The lowest BCUT2D eigenvalue weighted by atomic mass is 9.92. The molecule has 0 aliphatic carbocycles. The van der Waals surface area contributed by atoms with E-state index in [1.165, 1.54) is 0 Å². The number of carbonyl (C=O) groups is 3. The van der Waals surface area contributed by atoms with Crippen LogP contribution in [0.1, 0.15) is 43.2 Å². The van der Waals surface area contributed by atoms with E-state index in [1.807, 2.05) is 11.8 Å². The molecule has 0 unspecified atom stereocenters. The topological polar surface area (TPSA) is 133 Å². The molecule has 2 aromatic rings. The number of nitrogens with zero attached hydrogens (tertiary/aromatic N) is 2. The molecular weight excluding hydrogens is 462 g/mol. The van der Waals surface area contributed by atoms with Crippen molar-refractivity contribution in [1.82, 2.24) is 9.97 Å². The molecule has 1 atom stereocenters. The van der Waals surface area contributed by atoms with Crippen LogP contribution in [0.15, 0.2) is 23.0 Å². The highest BCUT2D eigenvalue weighted by Crippen LogP contribution is 2.32. The van der Waals surface area contributed by atoms with Crippen molar-refractivity contribution in [3.05, 3.63) is 44.7 Å².